The van der Waals surface area contributed by atoms with E-state index in [-0.39, 0.29) is 6.04 Å². The minimum atomic E-state index is 0.177. The van der Waals surface area contributed by atoms with Crippen LogP contribution in [0.1, 0.15) is 31.1 Å². The van der Waals surface area contributed by atoms with Gasteiger partial charge in [-0.05, 0) is 41.8 Å². The number of fused-ring (bicyclic) bond motifs is 1. The van der Waals surface area contributed by atoms with Gasteiger partial charge in [0, 0.05) is 6.54 Å². The molecule has 0 spiro atoms. The average Bonchev–Trinajstić information content (AvgIpc) is 3.17. The van der Waals surface area contributed by atoms with Crippen molar-refractivity contribution in [3.8, 4) is 0 Å². The zero-order valence-electron chi connectivity index (χ0n) is 11.0. The van der Waals surface area contributed by atoms with Gasteiger partial charge in [0.15, 0.2) is 5.82 Å². The highest BCUT2D eigenvalue weighted by atomic mass is 15.6. The summed E-state index contributed by atoms with van der Waals surface area (Å²) < 4.78 is 2.13. The van der Waals surface area contributed by atoms with Crippen molar-refractivity contribution in [2.24, 2.45) is 0 Å². The highest BCUT2D eigenvalue weighted by Crippen LogP contribution is 2.28. The van der Waals surface area contributed by atoms with Gasteiger partial charge in [0.2, 0.25) is 0 Å². The van der Waals surface area contributed by atoms with Crippen molar-refractivity contribution in [2.75, 3.05) is 11.6 Å². The van der Waals surface area contributed by atoms with Gasteiger partial charge < -0.3 is 5.01 Å². The number of nitrogens with zero attached hydrogens (tertiary/aromatic N) is 6. The van der Waals surface area contributed by atoms with E-state index in [4.69, 9.17) is 0 Å². The Labute approximate surface area is 115 Å². The number of benzene rings is 1. The number of imidazole rings is 1. The monoisotopic (exact) mass is 269 g/mol. The van der Waals surface area contributed by atoms with Gasteiger partial charge in [-0.3, -0.25) is 0 Å². The van der Waals surface area contributed by atoms with Crippen LogP contribution in [0.5, 0.6) is 0 Å². The van der Waals surface area contributed by atoms with Crippen LogP contribution in [0.2, 0.25) is 0 Å². The van der Waals surface area contributed by atoms with Gasteiger partial charge in [-0.2, -0.15) is 0 Å². The number of hydrogen-bond acceptors (Lipinski definition) is 5. The second kappa shape index (κ2) is 4.59. The number of para-hydroxylation sites is 2. The highest BCUT2D eigenvalue weighted by molar-refractivity contribution is 5.75. The van der Waals surface area contributed by atoms with Crippen LogP contribution in [0, 0.1) is 0 Å². The lowest BCUT2D eigenvalue weighted by molar-refractivity contribution is 0.381. The maximum atomic E-state index is 4.47. The first-order valence-electron chi connectivity index (χ1n) is 6.86. The molecule has 102 valence electrons. The predicted octanol–water partition coefficient (Wildman–Crippen LogP) is 1.41. The first kappa shape index (κ1) is 11.4. The largest absolute Gasteiger partial charge is 0.301 e. The van der Waals surface area contributed by atoms with Crippen LogP contribution in [0.15, 0.2) is 30.6 Å². The highest BCUT2D eigenvalue weighted by Gasteiger charge is 2.27. The molecule has 1 aliphatic rings. The molecule has 0 aliphatic carbocycles. The number of H-pyrrole nitrogens is 1. The van der Waals surface area contributed by atoms with Crippen molar-refractivity contribution < 1.29 is 0 Å². The number of tetrazole rings is 1. The molecule has 1 saturated heterocycles. The number of aromatic amines is 1. The van der Waals surface area contributed by atoms with Crippen LogP contribution in [0.3, 0.4) is 0 Å². The summed E-state index contributed by atoms with van der Waals surface area (Å²) in [5.41, 5.74) is 2.12. The quantitative estimate of drug-likeness (QED) is 0.761. The maximum Gasteiger partial charge on any atom is 0.172 e. The average molecular weight is 269 g/mol. The Morgan fingerprint density at radius 2 is 2.15 bits per heavy atom. The molecule has 0 amide bonds. The van der Waals surface area contributed by atoms with Crippen LogP contribution in [0.4, 0.5) is 0 Å². The molecule has 3 heterocycles. The fourth-order valence-corrected chi connectivity index (χ4v) is 2.91. The van der Waals surface area contributed by atoms with Gasteiger partial charge in [-0.1, -0.05) is 12.1 Å². The topological polar surface area (TPSA) is 75.5 Å². The Morgan fingerprint density at radius 1 is 1.20 bits per heavy atom. The van der Waals surface area contributed by atoms with E-state index >= 15 is 0 Å². The third kappa shape index (κ3) is 1.74. The van der Waals surface area contributed by atoms with Crippen molar-refractivity contribution in [2.45, 2.75) is 25.3 Å². The molecule has 20 heavy (non-hydrogen) atoms. The summed E-state index contributed by atoms with van der Waals surface area (Å²) in [5.74, 6) is 0.822. The fourth-order valence-electron chi connectivity index (χ4n) is 2.91. The summed E-state index contributed by atoms with van der Waals surface area (Å²) >= 11 is 0. The molecule has 2 aromatic heterocycles. The summed E-state index contributed by atoms with van der Waals surface area (Å²) in [6.45, 7) is 0.978. The SMILES string of the molecule is c1ccc2c(c1)ncn2N1CCCCC1c1nnn[nH]1. The molecule has 1 aliphatic heterocycles. The van der Waals surface area contributed by atoms with Crippen molar-refractivity contribution >= 4 is 11.0 Å². The van der Waals surface area contributed by atoms with Crippen LogP contribution in [-0.4, -0.2) is 36.8 Å². The van der Waals surface area contributed by atoms with Crippen molar-refractivity contribution in [3.05, 3.63) is 36.4 Å². The molecule has 7 nitrogen and oxygen atoms in total. The van der Waals surface area contributed by atoms with Gasteiger partial charge in [0.25, 0.3) is 0 Å². The predicted molar refractivity (Wildman–Crippen MR) is 73.6 cm³/mol. The molecular weight excluding hydrogens is 254 g/mol. The molecule has 1 fully saturated rings. The standard InChI is InChI=1S/C13H15N7/c1-2-6-11-10(5-1)14-9-20(11)19-8-4-3-7-12(19)13-15-17-18-16-13/h1-2,5-6,9,12H,3-4,7-8H2,(H,15,16,17,18). The fraction of sp³-hybridized carbons (Fsp3) is 0.385. The Hall–Kier alpha value is -2.44. The third-order valence-electron chi connectivity index (χ3n) is 3.86. The second-order valence-corrected chi connectivity index (χ2v) is 5.04. The smallest absolute Gasteiger partial charge is 0.172 e. The van der Waals surface area contributed by atoms with E-state index < -0.39 is 0 Å². The molecule has 4 rings (SSSR count). The Morgan fingerprint density at radius 3 is 3.05 bits per heavy atom. The van der Waals surface area contributed by atoms with Gasteiger partial charge in [0.05, 0.1) is 11.0 Å². The molecule has 3 aromatic rings. The third-order valence-corrected chi connectivity index (χ3v) is 3.86. The first-order chi connectivity index (χ1) is 9.93. The van der Waals surface area contributed by atoms with Crippen LogP contribution >= 0.6 is 0 Å². The Bertz CT molecular complexity index is 702. The molecule has 0 radical (unpaired) electrons. The van der Waals surface area contributed by atoms with Crippen molar-refractivity contribution in [3.63, 3.8) is 0 Å². The normalized spacial score (nSPS) is 19.6. The van der Waals surface area contributed by atoms with Crippen LogP contribution in [-0.2, 0) is 0 Å². The lowest BCUT2D eigenvalue weighted by Gasteiger charge is -2.36. The minimum Gasteiger partial charge on any atom is -0.301 e. The molecule has 0 saturated carbocycles. The number of nitrogens with one attached hydrogen (secondary N) is 1. The molecule has 1 atom stereocenters. The first-order valence-corrected chi connectivity index (χ1v) is 6.86. The number of hydrogen-bond donors (Lipinski definition) is 1. The van der Waals surface area contributed by atoms with E-state index in [1.165, 1.54) is 12.8 Å². The number of aromatic nitrogens is 6. The molecule has 0 bridgehead atoms. The minimum absolute atomic E-state index is 0.177. The van der Waals surface area contributed by atoms with Crippen molar-refractivity contribution in [1.82, 2.24) is 30.3 Å². The molecule has 1 N–H and O–H groups in total. The van der Waals surface area contributed by atoms with E-state index in [2.05, 4.69) is 41.4 Å². The van der Waals surface area contributed by atoms with E-state index in [1.807, 2.05) is 24.5 Å². The van der Waals surface area contributed by atoms with E-state index in [1.54, 1.807) is 0 Å². The second-order valence-electron chi connectivity index (χ2n) is 5.04. The van der Waals surface area contributed by atoms with E-state index in [0.717, 1.165) is 29.8 Å². The molecule has 1 unspecified atom stereocenters. The number of piperidine rings is 1. The molecule has 1 aromatic carbocycles. The van der Waals surface area contributed by atoms with Crippen LogP contribution < -0.4 is 5.01 Å². The van der Waals surface area contributed by atoms with E-state index in [0.29, 0.717) is 0 Å². The maximum absolute atomic E-state index is 4.47. The number of rotatable bonds is 2. The molecule has 7 heteroatoms. The van der Waals surface area contributed by atoms with Crippen LogP contribution in [0.25, 0.3) is 11.0 Å². The molecular formula is C13H15N7. The van der Waals surface area contributed by atoms with Gasteiger partial charge in [-0.15, -0.1) is 5.10 Å². The van der Waals surface area contributed by atoms with Gasteiger partial charge >= 0.3 is 0 Å². The summed E-state index contributed by atoms with van der Waals surface area (Å²) in [4.78, 5) is 4.47. The summed E-state index contributed by atoms with van der Waals surface area (Å²) in [6.07, 6.45) is 5.29. The summed E-state index contributed by atoms with van der Waals surface area (Å²) in [5, 5.41) is 16.7. The van der Waals surface area contributed by atoms with Gasteiger partial charge in [-0.25, -0.2) is 14.8 Å². The Balaban J connectivity index is 1.78. The van der Waals surface area contributed by atoms with Gasteiger partial charge in [0.1, 0.15) is 12.4 Å². The zero-order chi connectivity index (χ0) is 13.4. The lowest BCUT2D eigenvalue weighted by Crippen LogP contribution is -2.41. The lowest BCUT2D eigenvalue weighted by atomic mass is 10.0. The summed E-state index contributed by atoms with van der Waals surface area (Å²) in [7, 11) is 0. The Kier molecular flexibility index (Phi) is 2.61. The van der Waals surface area contributed by atoms with E-state index in [9.17, 15) is 0 Å². The summed E-state index contributed by atoms with van der Waals surface area (Å²) in [6, 6.07) is 8.34. The van der Waals surface area contributed by atoms with Crippen molar-refractivity contribution in [1.29, 1.82) is 0 Å². The zero-order valence-corrected chi connectivity index (χ0v) is 11.0.